The third kappa shape index (κ3) is 4.39. The number of ether oxygens (including phenoxy) is 1. The number of hydrogen-bond acceptors (Lipinski definition) is 5. The van der Waals surface area contributed by atoms with Crippen LogP contribution in [0.5, 0.6) is 5.75 Å². The molecular weight excluding hydrogens is 313 g/mol. The molecule has 0 atom stereocenters. The summed E-state index contributed by atoms with van der Waals surface area (Å²) >= 11 is 0. The Morgan fingerprint density at radius 1 is 1.08 bits per heavy atom. The quantitative estimate of drug-likeness (QED) is 0.753. The SMILES string of the molecule is O=C(COc1ccc(F)cc1)Nc1nnc(Cc2ccccc2)o1. The summed E-state index contributed by atoms with van der Waals surface area (Å²) in [6, 6.07) is 15.0. The number of aromatic nitrogens is 2. The van der Waals surface area contributed by atoms with Gasteiger partial charge in [0.25, 0.3) is 5.91 Å². The van der Waals surface area contributed by atoms with Gasteiger partial charge in [0, 0.05) is 0 Å². The number of carbonyl (C=O) groups excluding carboxylic acids is 1. The van der Waals surface area contributed by atoms with Gasteiger partial charge in [-0.2, -0.15) is 0 Å². The largest absolute Gasteiger partial charge is 0.484 e. The maximum Gasteiger partial charge on any atom is 0.322 e. The number of anilines is 1. The highest BCUT2D eigenvalue weighted by molar-refractivity contribution is 5.89. The normalized spacial score (nSPS) is 10.4. The van der Waals surface area contributed by atoms with Gasteiger partial charge in [-0.3, -0.25) is 10.1 Å². The number of halogens is 1. The summed E-state index contributed by atoms with van der Waals surface area (Å²) in [6.07, 6.45) is 0.482. The van der Waals surface area contributed by atoms with E-state index in [1.807, 2.05) is 30.3 Å². The van der Waals surface area contributed by atoms with Gasteiger partial charge < -0.3 is 9.15 Å². The molecule has 0 fully saturated rings. The van der Waals surface area contributed by atoms with Gasteiger partial charge >= 0.3 is 6.01 Å². The minimum absolute atomic E-state index is 0.00800. The summed E-state index contributed by atoms with van der Waals surface area (Å²) in [5.74, 6) is -0.0318. The highest BCUT2D eigenvalue weighted by atomic mass is 19.1. The van der Waals surface area contributed by atoms with Gasteiger partial charge in [0.15, 0.2) is 6.61 Å². The topological polar surface area (TPSA) is 77.2 Å². The van der Waals surface area contributed by atoms with Crippen molar-refractivity contribution in [2.75, 3.05) is 11.9 Å². The number of amides is 1. The number of benzene rings is 2. The first-order chi connectivity index (χ1) is 11.7. The lowest BCUT2D eigenvalue weighted by molar-refractivity contribution is -0.118. The van der Waals surface area contributed by atoms with Gasteiger partial charge in [0.2, 0.25) is 5.89 Å². The highest BCUT2D eigenvalue weighted by Crippen LogP contribution is 2.12. The molecule has 0 aliphatic heterocycles. The first-order valence-electron chi connectivity index (χ1n) is 7.23. The van der Waals surface area contributed by atoms with Crippen molar-refractivity contribution in [1.29, 1.82) is 0 Å². The van der Waals surface area contributed by atoms with Crippen LogP contribution >= 0.6 is 0 Å². The number of nitrogens with zero attached hydrogens (tertiary/aromatic N) is 2. The first-order valence-corrected chi connectivity index (χ1v) is 7.23. The third-order valence-electron chi connectivity index (χ3n) is 3.09. The fourth-order valence-corrected chi connectivity index (χ4v) is 1.98. The smallest absolute Gasteiger partial charge is 0.322 e. The zero-order valence-corrected chi connectivity index (χ0v) is 12.6. The van der Waals surface area contributed by atoms with Gasteiger partial charge in [-0.25, -0.2) is 4.39 Å². The zero-order chi connectivity index (χ0) is 16.8. The summed E-state index contributed by atoms with van der Waals surface area (Å²) in [7, 11) is 0. The maximum absolute atomic E-state index is 12.8. The molecule has 24 heavy (non-hydrogen) atoms. The standard InChI is InChI=1S/C17H14FN3O3/c18-13-6-8-14(9-7-13)23-11-15(22)19-17-21-20-16(24-17)10-12-4-2-1-3-5-12/h1-9H,10-11H2,(H,19,21,22). The van der Waals surface area contributed by atoms with Gasteiger partial charge in [-0.05, 0) is 29.8 Å². The van der Waals surface area contributed by atoms with Crippen molar-refractivity contribution in [2.45, 2.75) is 6.42 Å². The summed E-state index contributed by atoms with van der Waals surface area (Å²) in [5.41, 5.74) is 1.03. The second-order valence-corrected chi connectivity index (χ2v) is 4.95. The van der Waals surface area contributed by atoms with Crippen LogP contribution in [0, 0.1) is 5.82 Å². The number of nitrogens with one attached hydrogen (secondary N) is 1. The molecule has 0 spiro atoms. The fraction of sp³-hybridized carbons (Fsp3) is 0.118. The maximum atomic E-state index is 12.8. The van der Waals surface area contributed by atoms with E-state index in [0.717, 1.165) is 5.56 Å². The Balaban J connectivity index is 1.50. The molecule has 7 heteroatoms. The molecule has 2 aromatic carbocycles. The number of hydrogen-bond donors (Lipinski definition) is 1. The Bertz CT molecular complexity index is 803. The van der Waals surface area contributed by atoms with Gasteiger partial charge in [0.1, 0.15) is 11.6 Å². The molecule has 0 bridgehead atoms. The van der Waals surface area contributed by atoms with Crippen LogP contribution in [0.4, 0.5) is 10.4 Å². The molecule has 0 radical (unpaired) electrons. The molecule has 1 aromatic heterocycles. The lowest BCUT2D eigenvalue weighted by Gasteiger charge is -2.04. The Morgan fingerprint density at radius 3 is 2.58 bits per heavy atom. The van der Waals surface area contributed by atoms with Crippen LogP contribution in [0.3, 0.4) is 0 Å². The van der Waals surface area contributed by atoms with E-state index in [9.17, 15) is 9.18 Å². The molecule has 0 saturated carbocycles. The molecule has 0 aliphatic carbocycles. The minimum atomic E-state index is -0.450. The molecule has 3 rings (SSSR count). The summed E-state index contributed by atoms with van der Waals surface area (Å²) in [6.45, 7) is -0.248. The van der Waals surface area contributed by atoms with E-state index in [-0.39, 0.29) is 18.4 Å². The van der Waals surface area contributed by atoms with Crippen molar-refractivity contribution in [3.63, 3.8) is 0 Å². The molecule has 0 saturated heterocycles. The van der Waals surface area contributed by atoms with Crippen molar-refractivity contribution in [2.24, 2.45) is 0 Å². The lowest BCUT2D eigenvalue weighted by Crippen LogP contribution is -2.20. The van der Waals surface area contributed by atoms with Gasteiger partial charge in [0.05, 0.1) is 6.42 Å². The number of rotatable bonds is 6. The Morgan fingerprint density at radius 2 is 1.83 bits per heavy atom. The molecule has 1 amide bonds. The predicted molar refractivity (Wildman–Crippen MR) is 84.1 cm³/mol. The van der Waals surface area contributed by atoms with Crippen molar-refractivity contribution >= 4 is 11.9 Å². The van der Waals surface area contributed by atoms with E-state index in [0.29, 0.717) is 18.1 Å². The summed E-state index contributed by atoms with van der Waals surface area (Å²) < 4.78 is 23.4. The summed E-state index contributed by atoms with van der Waals surface area (Å²) in [4.78, 5) is 11.8. The van der Waals surface area contributed by atoms with E-state index in [2.05, 4.69) is 15.5 Å². The zero-order valence-electron chi connectivity index (χ0n) is 12.6. The van der Waals surface area contributed by atoms with Crippen LogP contribution in [0.15, 0.2) is 59.0 Å². The van der Waals surface area contributed by atoms with Gasteiger partial charge in [-0.15, -0.1) is 5.10 Å². The first kappa shape index (κ1) is 15.7. The summed E-state index contributed by atoms with van der Waals surface area (Å²) in [5, 5.41) is 10.1. The van der Waals surface area contributed by atoms with Crippen LogP contribution in [0.1, 0.15) is 11.5 Å². The van der Waals surface area contributed by atoms with Crippen LogP contribution in [-0.2, 0) is 11.2 Å². The molecule has 0 aliphatic rings. The highest BCUT2D eigenvalue weighted by Gasteiger charge is 2.11. The van der Waals surface area contributed by atoms with Crippen LogP contribution < -0.4 is 10.1 Å². The Hall–Kier alpha value is -3.22. The van der Waals surface area contributed by atoms with E-state index in [4.69, 9.17) is 9.15 Å². The van der Waals surface area contributed by atoms with Crippen LogP contribution in [0.2, 0.25) is 0 Å². The molecule has 1 N–H and O–H groups in total. The molecule has 6 nitrogen and oxygen atoms in total. The second-order valence-electron chi connectivity index (χ2n) is 4.95. The monoisotopic (exact) mass is 327 g/mol. The van der Waals surface area contributed by atoms with E-state index in [1.54, 1.807) is 0 Å². The Kier molecular flexibility index (Phi) is 4.81. The average Bonchev–Trinajstić information content (AvgIpc) is 3.02. The van der Waals surface area contributed by atoms with Crippen molar-refractivity contribution in [3.05, 3.63) is 71.9 Å². The second kappa shape index (κ2) is 7.36. The van der Waals surface area contributed by atoms with E-state index >= 15 is 0 Å². The molecule has 1 heterocycles. The number of carbonyl (C=O) groups is 1. The molecule has 122 valence electrons. The van der Waals surface area contributed by atoms with Crippen molar-refractivity contribution < 1.29 is 18.3 Å². The van der Waals surface area contributed by atoms with E-state index in [1.165, 1.54) is 24.3 Å². The lowest BCUT2D eigenvalue weighted by atomic mass is 10.2. The Labute approximate surface area is 137 Å². The third-order valence-corrected chi connectivity index (χ3v) is 3.09. The van der Waals surface area contributed by atoms with Crippen molar-refractivity contribution in [1.82, 2.24) is 10.2 Å². The van der Waals surface area contributed by atoms with Crippen molar-refractivity contribution in [3.8, 4) is 5.75 Å². The van der Waals surface area contributed by atoms with Crippen LogP contribution in [-0.4, -0.2) is 22.7 Å². The minimum Gasteiger partial charge on any atom is -0.484 e. The fourth-order valence-electron chi connectivity index (χ4n) is 1.98. The molecular formula is C17H14FN3O3. The molecule has 3 aromatic rings. The van der Waals surface area contributed by atoms with Crippen LogP contribution in [0.25, 0.3) is 0 Å². The van der Waals surface area contributed by atoms with Gasteiger partial charge in [-0.1, -0.05) is 35.4 Å². The predicted octanol–water partition coefficient (Wildman–Crippen LogP) is 2.82. The molecule has 0 unspecified atom stereocenters. The van der Waals surface area contributed by atoms with E-state index < -0.39 is 5.91 Å². The average molecular weight is 327 g/mol.